The quantitative estimate of drug-likeness (QED) is 0.434. The number of piperidine rings is 1. The van der Waals surface area contributed by atoms with Crippen molar-refractivity contribution in [2.24, 2.45) is 5.92 Å². The third-order valence-electron chi connectivity index (χ3n) is 7.19. The van der Waals surface area contributed by atoms with Crippen molar-refractivity contribution in [3.63, 3.8) is 0 Å². The van der Waals surface area contributed by atoms with Gasteiger partial charge in [0, 0.05) is 26.2 Å². The fraction of sp³-hybridized carbons (Fsp3) is 0.345. The van der Waals surface area contributed by atoms with Crippen LogP contribution in [0.15, 0.2) is 83.8 Å². The van der Waals surface area contributed by atoms with Gasteiger partial charge in [0.1, 0.15) is 17.2 Å². The minimum atomic E-state index is -3.60. The van der Waals surface area contributed by atoms with Crippen LogP contribution in [0.1, 0.15) is 37.8 Å². The number of amides is 1. The molecule has 1 N–H and O–H groups in total. The highest BCUT2D eigenvalue weighted by Gasteiger charge is 2.42. The fourth-order valence-electron chi connectivity index (χ4n) is 5.09. The topological polar surface area (TPSA) is 87.2 Å². The van der Waals surface area contributed by atoms with Crippen LogP contribution in [0.25, 0.3) is 0 Å². The van der Waals surface area contributed by atoms with E-state index in [-0.39, 0.29) is 16.6 Å². The van der Waals surface area contributed by atoms with Gasteiger partial charge in [-0.1, -0.05) is 56.3 Å². The predicted molar refractivity (Wildman–Crippen MR) is 143 cm³/mol. The van der Waals surface area contributed by atoms with E-state index in [4.69, 9.17) is 4.74 Å². The van der Waals surface area contributed by atoms with E-state index in [0.717, 1.165) is 0 Å². The maximum Gasteiger partial charge on any atom is 0.415 e. The molecule has 0 aromatic heterocycles. The van der Waals surface area contributed by atoms with Crippen LogP contribution in [-0.4, -0.2) is 55.0 Å². The minimum absolute atomic E-state index is 0.138. The van der Waals surface area contributed by atoms with Crippen molar-refractivity contribution in [3.05, 3.63) is 95.8 Å². The molecule has 1 amide bonds. The molecule has 1 heterocycles. The average Bonchev–Trinajstić information content (AvgIpc) is 2.94. The monoisotopic (exact) mass is 540 g/mol. The molecular formula is C29H33FN2O5S. The Kier molecular flexibility index (Phi) is 8.50. The first-order chi connectivity index (χ1) is 18.2. The molecule has 0 saturated carbocycles. The number of benzene rings is 3. The summed E-state index contributed by atoms with van der Waals surface area (Å²) in [4.78, 5) is 14.6. The van der Waals surface area contributed by atoms with Crippen molar-refractivity contribution >= 4 is 16.1 Å². The molecule has 0 spiro atoms. The summed E-state index contributed by atoms with van der Waals surface area (Å²) in [5.41, 5.74) is -0.262. The number of nitrogens with zero attached hydrogens (tertiary/aromatic N) is 2. The molecule has 202 valence electrons. The first-order valence-electron chi connectivity index (χ1n) is 12.8. The lowest BCUT2D eigenvalue weighted by atomic mass is 9.72. The van der Waals surface area contributed by atoms with E-state index >= 15 is 0 Å². The van der Waals surface area contributed by atoms with Crippen LogP contribution in [0.5, 0.6) is 5.75 Å². The molecule has 9 heteroatoms. The van der Waals surface area contributed by atoms with Gasteiger partial charge < -0.3 is 14.7 Å². The van der Waals surface area contributed by atoms with Gasteiger partial charge in [-0.05, 0) is 66.3 Å². The molecule has 1 saturated heterocycles. The van der Waals surface area contributed by atoms with E-state index in [1.165, 1.54) is 40.7 Å². The number of sulfonamides is 1. The standard InChI is InChI=1S/C29H33FN2O5S/c1-3-32(4-2)38(35,36)27-15-13-26(14-16-27)37-28(33)31-19-17-23(18-20-31)29(34,22-9-6-5-7-10-22)24-11-8-12-25(30)21-24/h5-16,21,23,34H,3-4,17-20H2,1-2H3. The summed E-state index contributed by atoms with van der Waals surface area (Å²) in [6.45, 7) is 4.98. The number of aliphatic hydroxyl groups is 1. The number of carbonyl (C=O) groups is 1. The van der Waals surface area contributed by atoms with E-state index in [1.807, 2.05) is 30.3 Å². The van der Waals surface area contributed by atoms with Crippen molar-refractivity contribution in [3.8, 4) is 5.75 Å². The van der Waals surface area contributed by atoms with Gasteiger partial charge in [0.2, 0.25) is 10.0 Å². The summed E-state index contributed by atoms with van der Waals surface area (Å²) in [5.74, 6) is -0.426. The van der Waals surface area contributed by atoms with Gasteiger partial charge in [0.25, 0.3) is 0 Å². The normalized spacial score (nSPS) is 16.3. The molecule has 1 unspecified atom stereocenters. The zero-order valence-electron chi connectivity index (χ0n) is 21.6. The second kappa shape index (κ2) is 11.6. The SMILES string of the molecule is CCN(CC)S(=O)(=O)c1ccc(OC(=O)N2CCC(C(O)(c3ccccc3)c3cccc(F)c3)CC2)cc1. The molecule has 1 aliphatic rings. The zero-order chi connectivity index (χ0) is 27.3. The molecule has 1 fully saturated rings. The maximum absolute atomic E-state index is 14.1. The Balaban J connectivity index is 1.45. The van der Waals surface area contributed by atoms with Crippen LogP contribution in [-0.2, 0) is 15.6 Å². The molecule has 0 radical (unpaired) electrons. The van der Waals surface area contributed by atoms with Gasteiger partial charge in [-0.2, -0.15) is 4.31 Å². The number of rotatable bonds is 8. The first-order valence-corrected chi connectivity index (χ1v) is 14.2. The Bertz CT molecular complexity index is 1340. The van der Waals surface area contributed by atoms with Crippen molar-refractivity contribution < 1.29 is 27.4 Å². The summed E-state index contributed by atoms with van der Waals surface area (Å²) in [6.07, 6.45) is 0.424. The minimum Gasteiger partial charge on any atom is -0.410 e. The van der Waals surface area contributed by atoms with Gasteiger partial charge in [-0.3, -0.25) is 0 Å². The predicted octanol–water partition coefficient (Wildman–Crippen LogP) is 5.00. The Morgan fingerprint density at radius 3 is 2.16 bits per heavy atom. The molecule has 0 bridgehead atoms. The van der Waals surface area contributed by atoms with E-state index < -0.39 is 27.5 Å². The first kappa shape index (κ1) is 27.8. The number of hydrogen-bond donors (Lipinski definition) is 1. The summed E-state index contributed by atoms with van der Waals surface area (Å²) in [6, 6.07) is 21.0. The van der Waals surface area contributed by atoms with Gasteiger partial charge in [0.15, 0.2) is 0 Å². The van der Waals surface area contributed by atoms with Crippen molar-refractivity contribution in [1.29, 1.82) is 0 Å². The van der Waals surface area contributed by atoms with Crippen LogP contribution in [0, 0.1) is 11.7 Å². The third kappa shape index (κ3) is 5.60. The number of likely N-dealkylation sites (tertiary alicyclic amines) is 1. The van der Waals surface area contributed by atoms with E-state index in [9.17, 15) is 22.7 Å². The van der Waals surface area contributed by atoms with Gasteiger partial charge >= 0.3 is 6.09 Å². The lowest BCUT2D eigenvalue weighted by Crippen LogP contribution is -2.46. The molecule has 1 aliphatic heterocycles. The molecular weight excluding hydrogens is 507 g/mol. The number of hydrogen-bond acceptors (Lipinski definition) is 5. The molecule has 0 aliphatic carbocycles. The lowest BCUT2D eigenvalue weighted by Gasteiger charge is -2.42. The molecule has 3 aromatic rings. The van der Waals surface area contributed by atoms with Gasteiger partial charge in [-0.15, -0.1) is 0 Å². The molecule has 7 nitrogen and oxygen atoms in total. The van der Waals surface area contributed by atoms with Crippen molar-refractivity contribution in [1.82, 2.24) is 9.21 Å². The number of ether oxygens (including phenoxy) is 1. The Hall–Kier alpha value is -3.27. The average molecular weight is 541 g/mol. The summed E-state index contributed by atoms with van der Waals surface area (Å²) in [5, 5.41) is 12.0. The number of halogens is 1. The summed E-state index contributed by atoms with van der Waals surface area (Å²) < 4.78 is 46.3. The second-order valence-electron chi connectivity index (χ2n) is 9.33. The van der Waals surface area contributed by atoms with Gasteiger partial charge in [-0.25, -0.2) is 17.6 Å². The van der Waals surface area contributed by atoms with E-state index in [2.05, 4.69) is 0 Å². The summed E-state index contributed by atoms with van der Waals surface area (Å²) >= 11 is 0. The van der Waals surface area contributed by atoms with Crippen LogP contribution < -0.4 is 4.74 Å². The second-order valence-corrected chi connectivity index (χ2v) is 11.3. The Morgan fingerprint density at radius 2 is 1.58 bits per heavy atom. The van der Waals surface area contributed by atoms with E-state index in [0.29, 0.717) is 50.1 Å². The largest absolute Gasteiger partial charge is 0.415 e. The third-order valence-corrected chi connectivity index (χ3v) is 9.26. The maximum atomic E-state index is 14.1. The van der Waals surface area contributed by atoms with Gasteiger partial charge in [0.05, 0.1) is 4.90 Å². The van der Waals surface area contributed by atoms with Crippen molar-refractivity contribution in [2.45, 2.75) is 37.2 Å². The number of carbonyl (C=O) groups excluding carboxylic acids is 1. The van der Waals surface area contributed by atoms with E-state index in [1.54, 1.807) is 30.9 Å². The highest BCUT2D eigenvalue weighted by molar-refractivity contribution is 7.89. The van der Waals surface area contributed by atoms with Crippen LogP contribution in [0.3, 0.4) is 0 Å². The van der Waals surface area contributed by atoms with Crippen molar-refractivity contribution in [2.75, 3.05) is 26.2 Å². The molecule has 1 atom stereocenters. The highest BCUT2D eigenvalue weighted by atomic mass is 32.2. The smallest absolute Gasteiger partial charge is 0.410 e. The highest BCUT2D eigenvalue weighted by Crippen LogP contribution is 2.42. The Labute approximate surface area is 223 Å². The van der Waals surface area contributed by atoms with Crippen LogP contribution in [0.4, 0.5) is 9.18 Å². The lowest BCUT2D eigenvalue weighted by molar-refractivity contribution is -0.0117. The van der Waals surface area contributed by atoms with Crippen LogP contribution in [0.2, 0.25) is 0 Å². The molecule has 3 aromatic carbocycles. The fourth-order valence-corrected chi connectivity index (χ4v) is 6.55. The Morgan fingerprint density at radius 1 is 0.974 bits per heavy atom. The molecule has 38 heavy (non-hydrogen) atoms. The zero-order valence-corrected chi connectivity index (χ0v) is 22.4. The molecule has 4 rings (SSSR count). The van der Waals surface area contributed by atoms with Crippen LogP contribution >= 0.6 is 0 Å². The summed E-state index contributed by atoms with van der Waals surface area (Å²) in [7, 11) is -3.60.